The van der Waals surface area contributed by atoms with Gasteiger partial charge in [0.25, 0.3) is 0 Å². The van der Waals surface area contributed by atoms with Crippen LogP contribution in [0.5, 0.6) is 0 Å². The van der Waals surface area contributed by atoms with E-state index in [0.717, 1.165) is 45.5 Å². The molecule has 0 fully saturated rings. The predicted octanol–water partition coefficient (Wildman–Crippen LogP) is 13.5. The van der Waals surface area contributed by atoms with Crippen molar-refractivity contribution >= 4 is 55.3 Å². The summed E-state index contributed by atoms with van der Waals surface area (Å²) < 4.78 is 12.3. The lowest BCUT2D eigenvalue weighted by molar-refractivity contribution is 0.563. The average molecular weight is 818 g/mol. The summed E-state index contributed by atoms with van der Waals surface area (Å²) in [6, 6.07) is 66.5. The van der Waals surface area contributed by atoms with Crippen molar-refractivity contribution in [3.05, 3.63) is 211 Å². The Morgan fingerprint density at radius 2 is 0.984 bits per heavy atom. The summed E-state index contributed by atoms with van der Waals surface area (Å²) in [5.41, 5.74) is 8.11. The molecule has 3 heterocycles. The lowest BCUT2D eigenvalue weighted by atomic mass is 10.1. The quantitative estimate of drug-likeness (QED) is 0.133. The SMILES string of the molecule is CCN(CC)c1ccc2cc(-c3nc4ccccc4s3)c(=O)oc2c1.c1ccc(-c2nnc(-c3ccccc3)o2)cc1.c1ccc(N(c2ccccc2)c2ccccc2)cc1. The first-order chi connectivity index (χ1) is 30.1. The maximum absolute atomic E-state index is 12.5. The second kappa shape index (κ2) is 19.4. The first-order valence-electron chi connectivity index (χ1n) is 20.2. The van der Waals surface area contributed by atoms with Gasteiger partial charge < -0.3 is 18.6 Å². The van der Waals surface area contributed by atoms with Crippen molar-refractivity contribution in [3.63, 3.8) is 0 Å². The van der Waals surface area contributed by atoms with Crippen molar-refractivity contribution < 1.29 is 8.83 Å². The molecule has 0 unspecified atom stereocenters. The van der Waals surface area contributed by atoms with Crippen LogP contribution < -0.4 is 15.4 Å². The van der Waals surface area contributed by atoms with E-state index in [9.17, 15) is 4.79 Å². The number of hydrogen-bond acceptors (Lipinski definition) is 9. The second-order valence-electron chi connectivity index (χ2n) is 13.8. The summed E-state index contributed by atoms with van der Waals surface area (Å²) in [5, 5.41) is 9.70. The van der Waals surface area contributed by atoms with E-state index in [2.05, 4.69) is 118 Å². The van der Waals surface area contributed by atoms with Gasteiger partial charge in [-0.15, -0.1) is 21.5 Å². The van der Waals surface area contributed by atoms with Crippen LogP contribution in [0, 0.1) is 0 Å². The molecule has 3 aromatic heterocycles. The second-order valence-corrected chi connectivity index (χ2v) is 14.8. The molecule has 0 saturated heterocycles. The fraction of sp³-hybridized carbons (Fsp3) is 0.0769. The average Bonchev–Trinajstić information content (AvgIpc) is 4.00. The molecule has 0 saturated carbocycles. The van der Waals surface area contributed by atoms with E-state index in [1.807, 2.05) is 121 Å². The van der Waals surface area contributed by atoms with Crippen LogP contribution >= 0.6 is 11.3 Å². The van der Waals surface area contributed by atoms with Crippen molar-refractivity contribution in [1.29, 1.82) is 0 Å². The standard InChI is InChI=1S/C20H18N2O2S.C18H15N.C14H10N2O/c1-3-22(4-2)14-10-9-13-11-15(20(23)24-17(13)12-14)19-21-16-7-5-6-8-18(16)25-19;1-4-10-16(11-5-1)19(17-12-6-2-7-13-17)18-14-8-3-9-15-18;1-3-7-11(8-4-1)13-15-16-14(17-13)12-9-5-2-6-10-12/h5-12H,3-4H2,1-2H3;1-15H;1-10H. The van der Waals surface area contributed by atoms with Crippen LogP contribution in [0.1, 0.15) is 13.8 Å². The maximum atomic E-state index is 12.5. The molecular weight excluding hydrogens is 775 g/mol. The Labute approximate surface area is 358 Å². The van der Waals surface area contributed by atoms with Crippen molar-refractivity contribution in [2.24, 2.45) is 0 Å². The topological polar surface area (TPSA) is 88.5 Å². The number of para-hydroxylation sites is 4. The number of hydrogen-bond donors (Lipinski definition) is 0. The molecule has 0 aliphatic carbocycles. The van der Waals surface area contributed by atoms with Crippen LogP contribution in [-0.4, -0.2) is 28.3 Å². The highest BCUT2D eigenvalue weighted by molar-refractivity contribution is 7.21. The molecule has 0 aliphatic heterocycles. The van der Waals surface area contributed by atoms with E-state index in [1.165, 1.54) is 28.4 Å². The highest BCUT2D eigenvalue weighted by Gasteiger charge is 2.15. The van der Waals surface area contributed by atoms with E-state index in [-0.39, 0.29) is 5.63 Å². The molecule has 0 radical (unpaired) electrons. The Kier molecular flexibility index (Phi) is 12.8. The lowest BCUT2D eigenvalue weighted by Crippen LogP contribution is -2.21. The zero-order chi connectivity index (χ0) is 41.8. The maximum Gasteiger partial charge on any atom is 0.346 e. The van der Waals surface area contributed by atoms with Gasteiger partial charge in [0, 0.05) is 58.4 Å². The molecule has 0 atom stereocenters. The van der Waals surface area contributed by atoms with E-state index in [1.54, 1.807) is 0 Å². The highest BCUT2D eigenvalue weighted by Crippen LogP contribution is 2.34. The van der Waals surface area contributed by atoms with Gasteiger partial charge in [-0.25, -0.2) is 9.78 Å². The van der Waals surface area contributed by atoms with Gasteiger partial charge in [0.15, 0.2) is 0 Å². The first kappa shape index (κ1) is 40.2. The van der Waals surface area contributed by atoms with Gasteiger partial charge in [0.05, 0.1) is 15.8 Å². The van der Waals surface area contributed by atoms with Gasteiger partial charge in [-0.3, -0.25) is 0 Å². The van der Waals surface area contributed by atoms with Crippen LogP contribution in [-0.2, 0) is 0 Å². The Bertz CT molecular complexity index is 2790. The van der Waals surface area contributed by atoms with E-state index >= 15 is 0 Å². The van der Waals surface area contributed by atoms with Crippen LogP contribution in [0.25, 0.3) is 54.7 Å². The monoisotopic (exact) mass is 817 g/mol. The number of rotatable bonds is 9. The number of benzene rings is 7. The molecule has 0 spiro atoms. The number of aromatic nitrogens is 3. The third kappa shape index (κ3) is 9.65. The molecule has 10 rings (SSSR count). The third-order valence-corrected chi connectivity index (χ3v) is 11.0. The van der Waals surface area contributed by atoms with Crippen LogP contribution in [0.2, 0.25) is 0 Å². The summed E-state index contributed by atoms with van der Waals surface area (Å²) in [4.78, 5) is 21.6. The molecule has 300 valence electrons. The predicted molar refractivity (Wildman–Crippen MR) is 251 cm³/mol. The number of fused-ring (bicyclic) bond motifs is 2. The van der Waals surface area contributed by atoms with Gasteiger partial charge in [-0.1, -0.05) is 103 Å². The van der Waals surface area contributed by atoms with E-state index in [0.29, 0.717) is 27.9 Å². The molecule has 0 bridgehead atoms. The minimum absolute atomic E-state index is 0.344. The van der Waals surface area contributed by atoms with E-state index in [4.69, 9.17) is 8.83 Å². The largest absolute Gasteiger partial charge is 0.422 e. The molecule has 9 heteroatoms. The van der Waals surface area contributed by atoms with Crippen molar-refractivity contribution in [1.82, 2.24) is 15.2 Å². The molecule has 7 aromatic carbocycles. The summed E-state index contributed by atoms with van der Waals surface area (Å²) >= 11 is 1.51. The summed E-state index contributed by atoms with van der Waals surface area (Å²) in [6.07, 6.45) is 0. The van der Waals surface area contributed by atoms with Gasteiger partial charge in [0.1, 0.15) is 10.6 Å². The third-order valence-electron chi connectivity index (χ3n) is 9.88. The fourth-order valence-electron chi connectivity index (χ4n) is 6.82. The smallest absolute Gasteiger partial charge is 0.346 e. The molecule has 0 aliphatic rings. The minimum Gasteiger partial charge on any atom is -0.422 e. The Hall–Kier alpha value is -7.62. The van der Waals surface area contributed by atoms with E-state index < -0.39 is 0 Å². The van der Waals surface area contributed by atoms with Gasteiger partial charge in [-0.05, 0) is 105 Å². The molecule has 10 aromatic rings. The Morgan fingerprint density at radius 1 is 0.508 bits per heavy atom. The van der Waals surface area contributed by atoms with Crippen LogP contribution in [0.15, 0.2) is 214 Å². The van der Waals surface area contributed by atoms with Crippen LogP contribution in [0.4, 0.5) is 22.7 Å². The normalized spacial score (nSPS) is 10.7. The van der Waals surface area contributed by atoms with Crippen molar-refractivity contribution in [3.8, 4) is 33.5 Å². The van der Waals surface area contributed by atoms with Crippen LogP contribution in [0.3, 0.4) is 0 Å². The lowest BCUT2D eigenvalue weighted by Gasteiger charge is -2.25. The first-order valence-corrected chi connectivity index (χ1v) is 21.0. The fourth-order valence-corrected chi connectivity index (χ4v) is 7.79. The summed E-state index contributed by atoms with van der Waals surface area (Å²) in [5.74, 6) is 1.09. The van der Waals surface area contributed by atoms with Gasteiger partial charge >= 0.3 is 5.63 Å². The van der Waals surface area contributed by atoms with Gasteiger partial charge in [-0.2, -0.15) is 0 Å². The molecule has 0 N–H and O–H groups in total. The molecule has 61 heavy (non-hydrogen) atoms. The Balaban J connectivity index is 0.000000129. The zero-order valence-electron chi connectivity index (χ0n) is 33.8. The minimum atomic E-state index is -0.344. The van der Waals surface area contributed by atoms with Crippen molar-refractivity contribution in [2.45, 2.75) is 13.8 Å². The van der Waals surface area contributed by atoms with Gasteiger partial charge in [0.2, 0.25) is 11.8 Å². The number of anilines is 4. The van der Waals surface area contributed by atoms with Crippen molar-refractivity contribution in [2.75, 3.05) is 22.9 Å². The number of nitrogens with zero attached hydrogens (tertiary/aromatic N) is 5. The zero-order valence-corrected chi connectivity index (χ0v) is 34.7. The summed E-state index contributed by atoms with van der Waals surface area (Å²) in [6.45, 7) is 6.05. The number of thiazole rings is 1. The Morgan fingerprint density at radius 3 is 1.48 bits per heavy atom. The molecule has 0 amide bonds. The molecular formula is C52H43N5O3S. The molecule has 8 nitrogen and oxygen atoms in total. The summed E-state index contributed by atoms with van der Waals surface area (Å²) in [7, 11) is 0. The highest BCUT2D eigenvalue weighted by atomic mass is 32.1.